The number of aryl methyl sites for hydroxylation is 1. The van der Waals surface area contributed by atoms with Crippen LogP contribution in [0.1, 0.15) is 32.0 Å². The molecule has 2 aromatic carbocycles. The lowest BCUT2D eigenvalue weighted by Crippen LogP contribution is -2.15. The molecule has 28 heavy (non-hydrogen) atoms. The van der Waals surface area contributed by atoms with Crippen molar-refractivity contribution in [1.29, 1.82) is 0 Å². The van der Waals surface area contributed by atoms with Crippen LogP contribution in [-0.4, -0.2) is 33.1 Å². The van der Waals surface area contributed by atoms with Gasteiger partial charge in [0.25, 0.3) is 0 Å². The fourth-order valence-corrected chi connectivity index (χ4v) is 3.25. The van der Waals surface area contributed by atoms with Crippen LogP contribution in [0.15, 0.2) is 67.0 Å². The van der Waals surface area contributed by atoms with Gasteiger partial charge < -0.3 is 9.72 Å². The molecule has 0 amide bonds. The summed E-state index contributed by atoms with van der Waals surface area (Å²) in [6.45, 7) is 2.17. The molecule has 0 atom stereocenters. The highest BCUT2D eigenvalue weighted by molar-refractivity contribution is 6.10. The molecule has 4 aromatic rings. The van der Waals surface area contributed by atoms with Crippen molar-refractivity contribution in [2.24, 2.45) is 0 Å². The summed E-state index contributed by atoms with van der Waals surface area (Å²) in [5.41, 5.74) is 3.66. The van der Waals surface area contributed by atoms with E-state index in [2.05, 4.69) is 10.1 Å². The normalized spacial score (nSPS) is 10.9. The van der Waals surface area contributed by atoms with Crippen molar-refractivity contribution in [3.8, 4) is 0 Å². The summed E-state index contributed by atoms with van der Waals surface area (Å²) in [6.07, 6.45) is 3.60. The van der Waals surface area contributed by atoms with E-state index in [1.165, 1.54) is 0 Å². The first-order valence-corrected chi connectivity index (χ1v) is 8.96. The zero-order chi connectivity index (χ0) is 19.5. The van der Waals surface area contributed by atoms with Gasteiger partial charge in [0.1, 0.15) is 0 Å². The number of aromatic amines is 1. The second-order valence-electron chi connectivity index (χ2n) is 6.57. The smallest absolute Gasteiger partial charge is 0.338 e. The topological polar surface area (TPSA) is 77.0 Å². The zero-order valence-electron chi connectivity index (χ0n) is 15.4. The Bertz CT molecular complexity index is 1130. The molecule has 4 rings (SSSR count). The van der Waals surface area contributed by atoms with Gasteiger partial charge >= 0.3 is 5.97 Å². The summed E-state index contributed by atoms with van der Waals surface area (Å²) in [5, 5.41) is 4.99. The maximum atomic E-state index is 12.6. The van der Waals surface area contributed by atoms with Gasteiger partial charge in [-0.1, -0.05) is 30.3 Å². The first-order valence-electron chi connectivity index (χ1n) is 8.96. The Morgan fingerprint density at radius 1 is 1.07 bits per heavy atom. The van der Waals surface area contributed by atoms with Gasteiger partial charge in [0, 0.05) is 34.6 Å². The van der Waals surface area contributed by atoms with E-state index >= 15 is 0 Å². The minimum absolute atomic E-state index is 0.224. The number of rotatable bonds is 6. The van der Waals surface area contributed by atoms with E-state index in [0.717, 1.165) is 22.2 Å². The van der Waals surface area contributed by atoms with Crippen molar-refractivity contribution < 1.29 is 14.3 Å². The maximum absolute atomic E-state index is 12.6. The fraction of sp³-hybridized carbons (Fsp3) is 0.136. The Morgan fingerprint density at radius 2 is 1.86 bits per heavy atom. The second-order valence-corrected chi connectivity index (χ2v) is 6.57. The van der Waals surface area contributed by atoms with Crippen molar-refractivity contribution in [2.75, 3.05) is 6.61 Å². The predicted octanol–water partition coefficient (Wildman–Crippen LogP) is 3.76. The number of benzene rings is 2. The number of aromatic nitrogens is 3. The van der Waals surface area contributed by atoms with Crippen LogP contribution >= 0.6 is 0 Å². The Hall–Kier alpha value is -3.67. The summed E-state index contributed by atoms with van der Waals surface area (Å²) in [4.78, 5) is 28.1. The number of fused-ring (bicyclic) bond motifs is 1. The van der Waals surface area contributed by atoms with Crippen LogP contribution in [0.2, 0.25) is 0 Å². The van der Waals surface area contributed by atoms with E-state index < -0.39 is 5.97 Å². The molecule has 6 heteroatoms. The molecule has 0 aliphatic carbocycles. The van der Waals surface area contributed by atoms with Gasteiger partial charge in [-0.15, -0.1) is 0 Å². The lowest BCUT2D eigenvalue weighted by molar-refractivity contribution is 0.0475. The first kappa shape index (κ1) is 17.7. The van der Waals surface area contributed by atoms with E-state index in [4.69, 9.17) is 4.74 Å². The van der Waals surface area contributed by atoms with E-state index in [1.807, 2.05) is 55.6 Å². The molecular weight excluding hydrogens is 354 g/mol. The van der Waals surface area contributed by atoms with Crippen LogP contribution in [-0.2, 0) is 11.3 Å². The van der Waals surface area contributed by atoms with Gasteiger partial charge in [-0.3, -0.25) is 9.48 Å². The highest BCUT2D eigenvalue weighted by Crippen LogP contribution is 2.22. The summed E-state index contributed by atoms with van der Waals surface area (Å²) in [5.74, 6) is -0.741. The molecule has 1 N–H and O–H groups in total. The number of carbonyl (C=O) groups excluding carboxylic acids is 2. The van der Waals surface area contributed by atoms with Gasteiger partial charge in [0.2, 0.25) is 5.78 Å². The maximum Gasteiger partial charge on any atom is 0.338 e. The molecule has 0 saturated heterocycles. The third kappa shape index (κ3) is 3.57. The number of nitrogens with one attached hydrogen (secondary N) is 1. The quantitative estimate of drug-likeness (QED) is 0.412. The van der Waals surface area contributed by atoms with Crippen molar-refractivity contribution in [3.63, 3.8) is 0 Å². The lowest BCUT2D eigenvalue weighted by Gasteiger charge is -2.06. The predicted molar refractivity (Wildman–Crippen MR) is 105 cm³/mol. The largest absolute Gasteiger partial charge is 0.454 e. The number of Topliss-reactive ketones (excluding diaryl/α,β-unsaturated/α-hetero) is 1. The number of nitrogens with zero attached hydrogens (tertiary/aromatic N) is 2. The molecule has 0 aliphatic heterocycles. The molecule has 140 valence electrons. The molecular formula is C22H19N3O3. The third-order valence-electron chi connectivity index (χ3n) is 4.60. The average Bonchev–Trinajstić information content (AvgIpc) is 3.33. The third-order valence-corrected chi connectivity index (χ3v) is 4.60. The molecule has 0 saturated carbocycles. The Morgan fingerprint density at radius 3 is 2.61 bits per heavy atom. The zero-order valence-corrected chi connectivity index (χ0v) is 15.4. The molecule has 0 fully saturated rings. The molecule has 0 spiro atoms. The minimum Gasteiger partial charge on any atom is -0.454 e. The van der Waals surface area contributed by atoms with E-state index in [0.29, 0.717) is 17.7 Å². The van der Waals surface area contributed by atoms with Gasteiger partial charge in [-0.25, -0.2) is 4.79 Å². The van der Waals surface area contributed by atoms with Crippen LogP contribution < -0.4 is 0 Å². The van der Waals surface area contributed by atoms with Gasteiger partial charge in [-0.2, -0.15) is 5.10 Å². The monoisotopic (exact) mass is 373 g/mol. The van der Waals surface area contributed by atoms with Crippen LogP contribution in [0.4, 0.5) is 0 Å². The van der Waals surface area contributed by atoms with Gasteiger partial charge in [0.05, 0.1) is 12.1 Å². The number of hydrogen-bond donors (Lipinski definition) is 1. The van der Waals surface area contributed by atoms with E-state index in [9.17, 15) is 9.59 Å². The molecule has 6 nitrogen and oxygen atoms in total. The van der Waals surface area contributed by atoms with Crippen molar-refractivity contribution in [3.05, 3.63) is 89.4 Å². The van der Waals surface area contributed by atoms with Crippen LogP contribution in [0.25, 0.3) is 10.9 Å². The molecule has 2 heterocycles. The van der Waals surface area contributed by atoms with Gasteiger partial charge in [-0.05, 0) is 36.8 Å². The minimum atomic E-state index is -0.517. The molecule has 0 unspecified atom stereocenters. The van der Waals surface area contributed by atoms with Crippen LogP contribution in [0.3, 0.4) is 0 Å². The number of esters is 1. The van der Waals surface area contributed by atoms with E-state index in [-0.39, 0.29) is 12.4 Å². The second kappa shape index (κ2) is 7.52. The number of para-hydroxylation sites is 1. The SMILES string of the molecule is Cc1[nH]c2ccccc2c1C(=O)COC(=O)c1ccc(Cn2cccn2)cc1. The van der Waals surface area contributed by atoms with Crippen LogP contribution in [0, 0.1) is 6.92 Å². The summed E-state index contributed by atoms with van der Waals surface area (Å²) < 4.78 is 7.04. The fourth-order valence-electron chi connectivity index (χ4n) is 3.25. The van der Waals surface area contributed by atoms with Crippen molar-refractivity contribution in [1.82, 2.24) is 14.8 Å². The Balaban J connectivity index is 1.41. The molecule has 2 aromatic heterocycles. The summed E-state index contributed by atoms with van der Waals surface area (Å²) in [7, 11) is 0. The van der Waals surface area contributed by atoms with Gasteiger partial charge in [0.15, 0.2) is 6.61 Å². The van der Waals surface area contributed by atoms with E-state index in [1.54, 1.807) is 23.0 Å². The number of H-pyrrole nitrogens is 1. The molecule has 0 bridgehead atoms. The molecule has 0 radical (unpaired) electrons. The highest BCUT2D eigenvalue weighted by Gasteiger charge is 2.18. The summed E-state index contributed by atoms with van der Waals surface area (Å²) in [6, 6.07) is 16.5. The van der Waals surface area contributed by atoms with Crippen LogP contribution in [0.5, 0.6) is 0 Å². The molecule has 0 aliphatic rings. The van der Waals surface area contributed by atoms with Crippen molar-refractivity contribution >= 4 is 22.7 Å². The Kier molecular flexibility index (Phi) is 4.76. The number of hydrogen-bond acceptors (Lipinski definition) is 4. The highest BCUT2D eigenvalue weighted by atomic mass is 16.5. The first-order chi connectivity index (χ1) is 13.6. The number of ketones is 1. The number of carbonyl (C=O) groups is 2. The van der Waals surface area contributed by atoms with Crippen molar-refractivity contribution in [2.45, 2.75) is 13.5 Å². The summed E-state index contributed by atoms with van der Waals surface area (Å²) >= 11 is 0. The Labute approximate surface area is 161 Å². The average molecular weight is 373 g/mol. The lowest BCUT2D eigenvalue weighted by atomic mass is 10.1. The standard InChI is InChI=1S/C22H19N3O3/c1-15-21(18-5-2-3-6-19(18)24-15)20(26)14-28-22(27)17-9-7-16(8-10-17)13-25-12-4-11-23-25/h2-12,24H,13-14H2,1H3. The number of ether oxygens (including phenoxy) is 1.